The highest BCUT2D eigenvalue weighted by atomic mass is 35.5. The fourth-order valence-electron chi connectivity index (χ4n) is 1.63. The van der Waals surface area contributed by atoms with Crippen LogP contribution in [0.15, 0.2) is 12.1 Å². The molecule has 2 heterocycles. The van der Waals surface area contributed by atoms with Crippen LogP contribution in [0.3, 0.4) is 0 Å². The lowest BCUT2D eigenvalue weighted by Gasteiger charge is -2.09. The van der Waals surface area contributed by atoms with Gasteiger partial charge in [0.25, 0.3) is 0 Å². The van der Waals surface area contributed by atoms with Gasteiger partial charge in [-0.1, -0.05) is 11.6 Å². The number of nitrogens with zero attached hydrogens (tertiary/aromatic N) is 1. The van der Waals surface area contributed by atoms with Gasteiger partial charge in [0.05, 0.1) is 12.7 Å². The zero-order valence-corrected chi connectivity index (χ0v) is 8.58. The molecule has 0 radical (unpaired) electrons. The normalized spacial score (nSPS) is 25.5. The number of carbonyl (C=O) groups excluding carboxylic acids is 1. The Morgan fingerprint density at radius 2 is 2.40 bits per heavy atom. The van der Waals surface area contributed by atoms with Crippen LogP contribution in [-0.4, -0.2) is 17.9 Å². The summed E-state index contributed by atoms with van der Waals surface area (Å²) in [7, 11) is 0. The van der Waals surface area contributed by atoms with Crippen LogP contribution in [0.25, 0.3) is 0 Å². The fourth-order valence-corrected chi connectivity index (χ4v) is 1.76. The molecule has 1 aromatic rings. The lowest BCUT2D eigenvalue weighted by molar-refractivity contribution is -0.111. The first-order valence-corrected chi connectivity index (χ1v) is 4.97. The Labute approximate surface area is 91.2 Å². The number of hydrogen-bond acceptors (Lipinski definition) is 3. The smallest absolute Gasteiger partial charge is 0.220 e. The zero-order valence-electron chi connectivity index (χ0n) is 7.82. The van der Waals surface area contributed by atoms with Crippen LogP contribution in [0.4, 0.5) is 4.39 Å². The van der Waals surface area contributed by atoms with Crippen LogP contribution in [0, 0.1) is 11.9 Å². The van der Waals surface area contributed by atoms with E-state index in [0.717, 1.165) is 6.29 Å². The van der Waals surface area contributed by atoms with Gasteiger partial charge < -0.3 is 9.53 Å². The number of aromatic nitrogens is 1. The molecule has 5 heteroatoms. The maximum absolute atomic E-state index is 13.4. The minimum absolute atomic E-state index is 0.112. The molecule has 2 rings (SSSR count). The van der Waals surface area contributed by atoms with Crippen LogP contribution in [0.5, 0.6) is 0 Å². The highest BCUT2D eigenvalue weighted by molar-refractivity contribution is 6.29. The average Bonchev–Trinajstić information content (AvgIpc) is 2.66. The average molecular weight is 230 g/mol. The van der Waals surface area contributed by atoms with Crippen molar-refractivity contribution in [1.29, 1.82) is 0 Å². The Bertz CT molecular complexity index is 386. The molecule has 1 aromatic heterocycles. The second-order valence-electron chi connectivity index (χ2n) is 3.47. The van der Waals surface area contributed by atoms with Crippen molar-refractivity contribution in [2.75, 3.05) is 6.61 Å². The van der Waals surface area contributed by atoms with Crippen molar-refractivity contribution in [2.24, 2.45) is 5.92 Å². The molecule has 0 N–H and O–H groups in total. The second kappa shape index (κ2) is 4.24. The molecule has 0 bridgehead atoms. The van der Waals surface area contributed by atoms with Gasteiger partial charge in [0.2, 0.25) is 5.95 Å². The maximum atomic E-state index is 13.4. The van der Waals surface area contributed by atoms with Crippen molar-refractivity contribution < 1.29 is 13.9 Å². The van der Waals surface area contributed by atoms with Crippen LogP contribution < -0.4 is 0 Å². The van der Waals surface area contributed by atoms with Gasteiger partial charge >= 0.3 is 0 Å². The van der Waals surface area contributed by atoms with E-state index >= 15 is 0 Å². The molecule has 2 unspecified atom stereocenters. The molecule has 1 fully saturated rings. The van der Waals surface area contributed by atoms with Crippen molar-refractivity contribution in [2.45, 2.75) is 12.5 Å². The number of carbonyl (C=O) groups is 1. The largest absolute Gasteiger partial charge is 0.373 e. The number of halogens is 2. The van der Waals surface area contributed by atoms with Crippen molar-refractivity contribution in [3.05, 3.63) is 28.8 Å². The van der Waals surface area contributed by atoms with Crippen LogP contribution in [-0.2, 0) is 9.53 Å². The summed E-state index contributed by atoms with van der Waals surface area (Å²) in [6.07, 6.45) is 0.954. The van der Waals surface area contributed by atoms with E-state index < -0.39 is 5.95 Å². The van der Waals surface area contributed by atoms with E-state index in [9.17, 15) is 9.18 Å². The summed E-state index contributed by atoms with van der Waals surface area (Å²) in [6.45, 7) is 0.343. The van der Waals surface area contributed by atoms with E-state index in [-0.39, 0.29) is 17.2 Å². The molecule has 1 aliphatic heterocycles. The van der Waals surface area contributed by atoms with Gasteiger partial charge in [-0.15, -0.1) is 0 Å². The molecular formula is C10H9ClFNO2. The van der Waals surface area contributed by atoms with Crippen molar-refractivity contribution in [3.8, 4) is 0 Å². The molecule has 0 aliphatic carbocycles. The molecule has 0 saturated carbocycles. The third kappa shape index (κ3) is 2.16. The molecule has 2 atom stereocenters. The third-order valence-corrected chi connectivity index (χ3v) is 2.62. The van der Waals surface area contributed by atoms with E-state index in [1.165, 1.54) is 6.07 Å². The summed E-state index contributed by atoms with van der Waals surface area (Å²) < 4.78 is 18.7. The first kappa shape index (κ1) is 10.5. The minimum Gasteiger partial charge on any atom is -0.373 e. The van der Waals surface area contributed by atoms with E-state index in [2.05, 4.69) is 4.98 Å². The van der Waals surface area contributed by atoms with Gasteiger partial charge in [-0.25, -0.2) is 4.98 Å². The molecule has 0 amide bonds. The van der Waals surface area contributed by atoms with E-state index in [1.807, 2.05) is 0 Å². The van der Waals surface area contributed by atoms with Crippen molar-refractivity contribution in [1.82, 2.24) is 4.98 Å². The number of rotatable bonds is 2. The second-order valence-corrected chi connectivity index (χ2v) is 3.86. The molecule has 3 nitrogen and oxygen atoms in total. The van der Waals surface area contributed by atoms with Gasteiger partial charge in [0.15, 0.2) is 0 Å². The molecule has 15 heavy (non-hydrogen) atoms. The van der Waals surface area contributed by atoms with Crippen LogP contribution in [0.2, 0.25) is 5.15 Å². The molecule has 1 saturated heterocycles. The standard InChI is InChI=1S/C10H9ClFNO2/c11-9-2-1-7(10(12)13-9)8-3-6(4-14)5-15-8/h1-2,4,6,8H,3,5H2. The van der Waals surface area contributed by atoms with Gasteiger partial charge in [-0.3, -0.25) is 0 Å². The van der Waals surface area contributed by atoms with E-state index in [4.69, 9.17) is 16.3 Å². The number of pyridine rings is 1. The molecule has 1 aliphatic rings. The quantitative estimate of drug-likeness (QED) is 0.576. The number of aldehydes is 1. The topological polar surface area (TPSA) is 39.2 Å². The first-order valence-electron chi connectivity index (χ1n) is 4.59. The highest BCUT2D eigenvalue weighted by Gasteiger charge is 2.28. The van der Waals surface area contributed by atoms with E-state index in [1.54, 1.807) is 6.07 Å². The summed E-state index contributed by atoms with van der Waals surface area (Å²) in [6, 6.07) is 3.06. The van der Waals surface area contributed by atoms with Gasteiger partial charge in [0, 0.05) is 11.5 Å². The van der Waals surface area contributed by atoms with Crippen molar-refractivity contribution in [3.63, 3.8) is 0 Å². The Balaban J connectivity index is 2.20. The Hall–Kier alpha value is -1.00. The Morgan fingerprint density at radius 3 is 3.00 bits per heavy atom. The first-order chi connectivity index (χ1) is 7.20. The predicted octanol–water partition coefficient (Wildman–Crippen LogP) is 2.15. The third-order valence-electron chi connectivity index (χ3n) is 2.41. The highest BCUT2D eigenvalue weighted by Crippen LogP contribution is 2.32. The Kier molecular flexibility index (Phi) is 2.98. The Morgan fingerprint density at radius 1 is 1.60 bits per heavy atom. The summed E-state index contributed by atoms with van der Waals surface area (Å²) in [5, 5.41) is 0.112. The van der Waals surface area contributed by atoms with E-state index in [0.29, 0.717) is 18.6 Å². The number of ether oxygens (including phenoxy) is 1. The molecule has 0 aromatic carbocycles. The fraction of sp³-hybridized carbons (Fsp3) is 0.400. The number of hydrogen-bond donors (Lipinski definition) is 0. The van der Waals surface area contributed by atoms with Gasteiger partial charge in [-0.05, 0) is 18.6 Å². The summed E-state index contributed by atoms with van der Waals surface area (Å²) in [4.78, 5) is 14.0. The molecule has 0 spiro atoms. The molecule has 80 valence electrons. The van der Waals surface area contributed by atoms with Crippen LogP contribution >= 0.6 is 11.6 Å². The summed E-state index contributed by atoms with van der Waals surface area (Å²) >= 11 is 5.53. The monoisotopic (exact) mass is 229 g/mol. The van der Waals surface area contributed by atoms with Gasteiger partial charge in [0.1, 0.15) is 11.4 Å². The lowest BCUT2D eigenvalue weighted by Crippen LogP contribution is -2.02. The maximum Gasteiger partial charge on any atom is 0.220 e. The zero-order chi connectivity index (χ0) is 10.8. The van der Waals surface area contributed by atoms with Crippen LogP contribution in [0.1, 0.15) is 18.1 Å². The minimum atomic E-state index is -0.626. The summed E-state index contributed by atoms with van der Waals surface area (Å²) in [5.74, 6) is -0.774. The van der Waals surface area contributed by atoms with Gasteiger partial charge in [-0.2, -0.15) is 4.39 Å². The molecular weight excluding hydrogens is 221 g/mol. The SMILES string of the molecule is O=CC1COC(c2ccc(Cl)nc2F)C1. The predicted molar refractivity (Wildman–Crippen MR) is 52.1 cm³/mol. The lowest BCUT2D eigenvalue weighted by atomic mass is 10.0. The van der Waals surface area contributed by atoms with Crippen molar-refractivity contribution >= 4 is 17.9 Å². The summed E-state index contributed by atoms with van der Waals surface area (Å²) in [5.41, 5.74) is 0.365.